The van der Waals surface area contributed by atoms with Crippen LogP contribution < -0.4 is 0 Å². The molecule has 5 heteroatoms. The molecule has 3 aromatic carbocycles. The van der Waals surface area contributed by atoms with Gasteiger partial charge in [-0.1, -0.05) is 65.7 Å². The molecule has 0 spiro atoms. The number of rotatable bonds is 3. The second-order valence-corrected chi connectivity index (χ2v) is 8.41. The molecule has 2 heterocycles. The van der Waals surface area contributed by atoms with E-state index in [1.54, 1.807) is 17.4 Å². The summed E-state index contributed by atoms with van der Waals surface area (Å²) in [4.78, 5) is 11.0. The zero-order valence-corrected chi connectivity index (χ0v) is 17.5. The van der Waals surface area contributed by atoms with Crippen molar-refractivity contribution in [3.05, 3.63) is 93.4 Å². The fourth-order valence-electron chi connectivity index (χ4n) is 3.27. The van der Waals surface area contributed by atoms with Crippen molar-refractivity contribution < 1.29 is 0 Å². The first-order chi connectivity index (χ1) is 14.2. The molecular formula is C24H14Cl2N2S. The third kappa shape index (κ3) is 3.65. The fourth-order valence-corrected chi connectivity index (χ4v) is 4.47. The van der Waals surface area contributed by atoms with E-state index in [0.29, 0.717) is 10.0 Å². The van der Waals surface area contributed by atoms with Crippen molar-refractivity contribution in [2.75, 3.05) is 0 Å². The lowest BCUT2D eigenvalue weighted by atomic mass is 10.1. The van der Waals surface area contributed by atoms with Crippen molar-refractivity contribution in [1.29, 1.82) is 0 Å². The monoisotopic (exact) mass is 432 g/mol. The number of fused-ring (bicyclic) bond motifs is 2. The molecule has 0 saturated carbocycles. The molecule has 5 rings (SSSR count). The number of benzene rings is 3. The summed E-state index contributed by atoms with van der Waals surface area (Å²) in [5, 5.41) is 5.57. The molecule has 0 aliphatic carbocycles. The van der Waals surface area contributed by atoms with Gasteiger partial charge in [0.25, 0.3) is 0 Å². The van der Waals surface area contributed by atoms with Crippen LogP contribution in [0.15, 0.2) is 72.1 Å². The van der Waals surface area contributed by atoms with Crippen molar-refractivity contribution in [2.45, 2.75) is 0 Å². The van der Waals surface area contributed by atoms with Gasteiger partial charge in [0.15, 0.2) is 0 Å². The maximum absolute atomic E-state index is 6.33. The van der Waals surface area contributed by atoms with Gasteiger partial charge >= 0.3 is 0 Å². The predicted octanol–water partition coefficient (Wildman–Crippen LogP) is 7.99. The summed E-state index contributed by atoms with van der Waals surface area (Å²) in [5.41, 5.74) is 4.30. The molecule has 140 valence electrons. The number of nitrogens with zero attached hydrogens (tertiary/aromatic N) is 2. The molecule has 0 saturated heterocycles. The lowest BCUT2D eigenvalue weighted by Crippen LogP contribution is -1.94. The van der Waals surface area contributed by atoms with Gasteiger partial charge in [-0.05, 0) is 58.1 Å². The molecular weight excluding hydrogens is 419 g/mol. The maximum Gasteiger partial charge on any atom is 0.107 e. The molecule has 0 aliphatic heterocycles. The van der Waals surface area contributed by atoms with E-state index < -0.39 is 0 Å². The smallest absolute Gasteiger partial charge is 0.107 e. The van der Waals surface area contributed by atoms with E-state index in [4.69, 9.17) is 33.2 Å². The first kappa shape index (κ1) is 18.3. The van der Waals surface area contributed by atoms with Crippen LogP contribution in [0.5, 0.6) is 0 Å². The van der Waals surface area contributed by atoms with Crippen LogP contribution in [0, 0.1) is 0 Å². The minimum absolute atomic E-state index is 0.603. The molecule has 0 N–H and O–H groups in total. The van der Waals surface area contributed by atoms with Crippen LogP contribution in [0.4, 0.5) is 0 Å². The summed E-state index contributed by atoms with van der Waals surface area (Å²) in [6.07, 6.45) is 3.92. The standard InChI is InChI=1S/C24H14Cl2N2S/c25-18-9-7-15(19(26)14-18)8-10-20-24(23-6-3-11-29-23)28-22-13-17-5-2-1-4-16(17)12-21(22)27-20/h1-14H/b10-8+. The highest BCUT2D eigenvalue weighted by Crippen LogP contribution is 2.31. The summed E-state index contributed by atoms with van der Waals surface area (Å²) in [6, 6.07) is 22.0. The number of hydrogen-bond donors (Lipinski definition) is 0. The Bertz CT molecular complexity index is 1380. The summed E-state index contributed by atoms with van der Waals surface area (Å²) < 4.78 is 0. The van der Waals surface area contributed by atoms with Gasteiger partial charge in [-0.25, -0.2) is 9.97 Å². The highest BCUT2D eigenvalue weighted by molar-refractivity contribution is 7.13. The van der Waals surface area contributed by atoms with E-state index in [-0.39, 0.29) is 0 Å². The van der Waals surface area contributed by atoms with Gasteiger partial charge in [0.2, 0.25) is 0 Å². The van der Waals surface area contributed by atoms with Gasteiger partial charge in [-0.2, -0.15) is 0 Å². The molecule has 2 aromatic heterocycles. The Morgan fingerprint density at radius 1 is 0.759 bits per heavy atom. The van der Waals surface area contributed by atoms with E-state index in [1.807, 2.05) is 47.9 Å². The molecule has 0 unspecified atom stereocenters. The Labute approximate surface area is 182 Å². The van der Waals surface area contributed by atoms with Crippen molar-refractivity contribution >= 4 is 68.5 Å². The molecule has 5 aromatic rings. The van der Waals surface area contributed by atoms with E-state index in [9.17, 15) is 0 Å². The number of aromatic nitrogens is 2. The molecule has 0 fully saturated rings. The Balaban J connectivity index is 1.70. The number of hydrogen-bond acceptors (Lipinski definition) is 3. The van der Waals surface area contributed by atoms with Crippen LogP contribution in [-0.4, -0.2) is 9.97 Å². The topological polar surface area (TPSA) is 25.8 Å². The zero-order chi connectivity index (χ0) is 19.8. The molecule has 0 amide bonds. The first-order valence-corrected chi connectivity index (χ1v) is 10.7. The van der Waals surface area contributed by atoms with Crippen LogP contribution in [0.3, 0.4) is 0 Å². The Hall–Kier alpha value is -2.72. The summed E-state index contributed by atoms with van der Waals surface area (Å²) >= 11 is 14.0. The third-order valence-corrected chi connectivity index (χ3v) is 6.14. The van der Waals surface area contributed by atoms with Gasteiger partial charge in [0.1, 0.15) is 5.69 Å². The lowest BCUT2D eigenvalue weighted by Gasteiger charge is -2.07. The highest BCUT2D eigenvalue weighted by Gasteiger charge is 2.11. The van der Waals surface area contributed by atoms with E-state index >= 15 is 0 Å². The minimum Gasteiger partial charge on any atom is -0.244 e. The van der Waals surface area contributed by atoms with Crippen LogP contribution in [0.1, 0.15) is 11.3 Å². The minimum atomic E-state index is 0.603. The van der Waals surface area contributed by atoms with Crippen molar-refractivity contribution in [3.63, 3.8) is 0 Å². The van der Waals surface area contributed by atoms with Gasteiger partial charge in [-0.3, -0.25) is 0 Å². The Morgan fingerprint density at radius 2 is 1.52 bits per heavy atom. The van der Waals surface area contributed by atoms with Crippen molar-refractivity contribution in [1.82, 2.24) is 9.97 Å². The SMILES string of the molecule is Clc1ccc(/C=C/c2nc3cc4ccccc4cc3nc2-c2cccs2)c(Cl)c1. The third-order valence-electron chi connectivity index (χ3n) is 4.70. The average molecular weight is 433 g/mol. The highest BCUT2D eigenvalue weighted by atomic mass is 35.5. The summed E-state index contributed by atoms with van der Waals surface area (Å²) in [7, 11) is 0. The largest absolute Gasteiger partial charge is 0.244 e. The molecule has 0 bridgehead atoms. The quantitative estimate of drug-likeness (QED) is 0.270. The molecule has 29 heavy (non-hydrogen) atoms. The zero-order valence-electron chi connectivity index (χ0n) is 15.1. The molecule has 0 radical (unpaired) electrons. The van der Waals surface area contributed by atoms with Gasteiger partial charge < -0.3 is 0 Å². The van der Waals surface area contributed by atoms with Crippen LogP contribution >= 0.6 is 34.5 Å². The van der Waals surface area contributed by atoms with Crippen molar-refractivity contribution in [3.8, 4) is 10.6 Å². The van der Waals surface area contributed by atoms with Crippen LogP contribution in [-0.2, 0) is 0 Å². The van der Waals surface area contributed by atoms with Crippen LogP contribution in [0.2, 0.25) is 10.0 Å². The number of thiophene rings is 1. The van der Waals surface area contributed by atoms with E-state index in [0.717, 1.165) is 43.6 Å². The second-order valence-electron chi connectivity index (χ2n) is 6.62. The van der Waals surface area contributed by atoms with Crippen LogP contribution in [0.25, 0.3) is 44.5 Å². The lowest BCUT2D eigenvalue weighted by molar-refractivity contribution is 1.28. The average Bonchev–Trinajstić information content (AvgIpc) is 3.25. The van der Waals surface area contributed by atoms with Crippen molar-refractivity contribution in [2.24, 2.45) is 0 Å². The van der Waals surface area contributed by atoms with Gasteiger partial charge in [0.05, 0.1) is 21.6 Å². The molecule has 2 nitrogen and oxygen atoms in total. The van der Waals surface area contributed by atoms with Gasteiger partial charge in [0, 0.05) is 10.0 Å². The second kappa shape index (κ2) is 7.60. The molecule has 0 aliphatic rings. The summed E-state index contributed by atoms with van der Waals surface area (Å²) in [6.45, 7) is 0. The van der Waals surface area contributed by atoms with Gasteiger partial charge in [-0.15, -0.1) is 11.3 Å². The molecule has 0 atom stereocenters. The maximum atomic E-state index is 6.33. The summed E-state index contributed by atoms with van der Waals surface area (Å²) in [5.74, 6) is 0. The van der Waals surface area contributed by atoms with E-state index in [1.165, 1.54) is 0 Å². The number of halogens is 2. The predicted molar refractivity (Wildman–Crippen MR) is 126 cm³/mol. The first-order valence-electron chi connectivity index (χ1n) is 9.05. The Morgan fingerprint density at radius 3 is 2.21 bits per heavy atom. The Kier molecular flexibility index (Phi) is 4.80. The normalized spacial score (nSPS) is 11.7. The fraction of sp³-hybridized carbons (Fsp3) is 0. The van der Waals surface area contributed by atoms with E-state index in [2.05, 4.69) is 30.3 Å².